The highest BCUT2D eigenvalue weighted by Gasteiger charge is 2.24. The van der Waals surface area contributed by atoms with Crippen molar-refractivity contribution in [3.05, 3.63) is 77.3 Å². The Labute approximate surface area is 157 Å². The summed E-state index contributed by atoms with van der Waals surface area (Å²) in [5.41, 5.74) is 0.958. The molecule has 6 heteroatoms. The van der Waals surface area contributed by atoms with Crippen molar-refractivity contribution in [2.45, 2.75) is 13.8 Å². The molecule has 2 aromatic carbocycles. The molecule has 2 aromatic rings. The van der Waals surface area contributed by atoms with Gasteiger partial charge in [-0.25, -0.2) is 9.18 Å². The van der Waals surface area contributed by atoms with Crippen molar-refractivity contribution in [3.63, 3.8) is 0 Å². The van der Waals surface area contributed by atoms with Crippen LogP contribution in [0.4, 0.5) is 4.39 Å². The Hall–Kier alpha value is -3.15. The van der Waals surface area contributed by atoms with E-state index in [4.69, 9.17) is 9.47 Å². The van der Waals surface area contributed by atoms with Crippen LogP contribution in [0.2, 0.25) is 0 Å². The molecule has 0 atom stereocenters. The summed E-state index contributed by atoms with van der Waals surface area (Å²) in [5.74, 6) is -1.03. The lowest BCUT2D eigenvalue weighted by atomic mass is 10.0. The number of carbonyl (C=O) groups excluding carboxylic acids is 1. The molecule has 0 saturated carbocycles. The van der Waals surface area contributed by atoms with Gasteiger partial charge in [-0.05, 0) is 38.1 Å². The summed E-state index contributed by atoms with van der Waals surface area (Å²) in [5, 5.41) is 10.6. The fourth-order valence-corrected chi connectivity index (χ4v) is 2.38. The number of aliphatic imine (C=N–C) groups is 1. The molecule has 142 valence electrons. The standard InChI is InChI=1S/C21H22FNO4/c1-3-23-20(15-8-6-5-7-9-15)19(21(25)26-4-2)18(24)14-27-17-12-10-16(22)11-13-17/h5-13,24H,3-4,14H2,1-2H3/b19-18+,23-20?. The quantitative estimate of drug-likeness (QED) is 0.328. The van der Waals surface area contributed by atoms with Crippen LogP contribution in [0.1, 0.15) is 19.4 Å². The fourth-order valence-electron chi connectivity index (χ4n) is 2.38. The van der Waals surface area contributed by atoms with Crippen molar-refractivity contribution in [1.29, 1.82) is 0 Å². The highest BCUT2D eigenvalue weighted by Crippen LogP contribution is 2.17. The summed E-state index contributed by atoms with van der Waals surface area (Å²) >= 11 is 0. The molecule has 5 nitrogen and oxygen atoms in total. The molecule has 0 spiro atoms. The first-order valence-corrected chi connectivity index (χ1v) is 8.64. The maximum atomic E-state index is 13.0. The number of aliphatic hydroxyl groups is 1. The number of esters is 1. The number of ether oxygens (including phenoxy) is 2. The van der Waals surface area contributed by atoms with Gasteiger partial charge in [0.2, 0.25) is 0 Å². The summed E-state index contributed by atoms with van der Waals surface area (Å²) in [6.07, 6.45) is 0. The second-order valence-electron chi connectivity index (χ2n) is 5.47. The molecule has 0 fully saturated rings. The molecular formula is C21H22FNO4. The van der Waals surface area contributed by atoms with E-state index >= 15 is 0 Å². The monoisotopic (exact) mass is 371 g/mol. The number of rotatable bonds is 8. The van der Waals surface area contributed by atoms with Crippen LogP contribution in [0.3, 0.4) is 0 Å². The van der Waals surface area contributed by atoms with Gasteiger partial charge >= 0.3 is 5.97 Å². The van der Waals surface area contributed by atoms with Crippen molar-refractivity contribution in [2.75, 3.05) is 19.8 Å². The zero-order valence-corrected chi connectivity index (χ0v) is 15.3. The second-order valence-corrected chi connectivity index (χ2v) is 5.47. The highest BCUT2D eigenvalue weighted by atomic mass is 19.1. The summed E-state index contributed by atoms with van der Waals surface area (Å²) in [6.45, 7) is 3.80. The first-order valence-electron chi connectivity index (χ1n) is 8.64. The van der Waals surface area contributed by atoms with Crippen LogP contribution in [-0.4, -0.2) is 36.5 Å². The third-order valence-corrected chi connectivity index (χ3v) is 3.56. The molecule has 0 radical (unpaired) electrons. The van der Waals surface area contributed by atoms with Crippen LogP contribution in [0.5, 0.6) is 5.75 Å². The van der Waals surface area contributed by atoms with Crippen LogP contribution in [0.25, 0.3) is 0 Å². The zero-order valence-electron chi connectivity index (χ0n) is 15.3. The average Bonchev–Trinajstić information content (AvgIpc) is 2.68. The van der Waals surface area contributed by atoms with Crippen molar-refractivity contribution in [3.8, 4) is 5.75 Å². The van der Waals surface area contributed by atoms with E-state index in [2.05, 4.69) is 4.99 Å². The SMILES string of the molecule is CCN=C(/C(C(=O)OCC)=C(\O)COc1ccc(F)cc1)c1ccccc1. The number of nitrogens with zero attached hydrogens (tertiary/aromatic N) is 1. The molecule has 0 aliphatic rings. The summed E-state index contributed by atoms with van der Waals surface area (Å²) in [7, 11) is 0. The Balaban J connectivity index is 2.38. The maximum Gasteiger partial charge on any atom is 0.343 e. The van der Waals surface area contributed by atoms with Gasteiger partial charge in [-0.15, -0.1) is 0 Å². The number of hydrogen-bond acceptors (Lipinski definition) is 5. The van der Waals surface area contributed by atoms with Gasteiger partial charge in [-0.3, -0.25) is 4.99 Å². The van der Waals surface area contributed by atoms with E-state index < -0.39 is 11.8 Å². The van der Waals surface area contributed by atoms with E-state index in [0.29, 0.717) is 23.6 Å². The minimum absolute atomic E-state index is 0.0491. The average molecular weight is 371 g/mol. The number of carbonyl (C=O) groups is 1. The number of hydrogen-bond donors (Lipinski definition) is 1. The van der Waals surface area contributed by atoms with E-state index in [1.807, 2.05) is 25.1 Å². The van der Waals surface area contributed by atoms with E-state index in [1.54, 1.807) is 19.1 Å². The molecule has 27 heavy (non-hydrogen) atoms. The van der Waals surface area contributed by atoms with Gasteiger partial charge in [0.05, 0.1) is 12.3 Å². The lowest BCUT2D eigenvalue weighted by Gasteiger charge is -2.14. The highest BCUT2D eigenvalue weighted by molar-refractivity contribution is 6.27. The molecule has 0 saturated heterocycles. The Kier molecular flexibility index (Phi) is 7.55. The van der Waals surface area contributed by atoms with Crippen molar-refractivity contribution in [1.82, 2.24) is 0 Å². The van der Waals surface area contributed by atoms with Gasteiger partial charge < -0.3 is 14.6 Å². The Morgan fingerprint density at radius 3 is 2.33 bits per heavy atom. The van der Waals surface area contributed by atoms with Gasteiger partial charge in [-0.2, -0.15) is 0 Å². The maximum absolute atomic E-state index is 13.0. The molecule has 0 heterocycles. The van der Waals surface area contributed by atoms with Gasteiger partial charge in [0, 0.05) is 12.1 Å². The van der Waals surface area contributed by atoms with Crippen molar-refractivity contribution < 1.29 is 23.8 Å². The Bertz CT molecular complexity index is 814. The van der Waals surface area contributed by atoms with Gasteiger partial charge in [-0.1, -0.05) is 30.3 Å². The molecule has 0 bridgehead atoms. The van der Waals surface area contributed by atoms with E-state index in [-0.39, 0.29) is 24.5 Å². The van der Waals surface area contributed by atoms with Crippen LogP contribution < -0.4 is 4.74 Å². The number of aliphatic hydroxyl groups excluding tert-OH is 1. The van der Waals surface area contributed by atoms with Crippen molar-refractivity contribution in [2.24, 2.45) is 4.99 Å². The van der Waals surface area contributed by atoms with Crippen LogP contribution in [-0.2, 0) is 9.53 Å². The molecule has 0 aliphatic heterocycles. The molecular weight excluding hydrogens is 349 g/mol. The Morgan fingerprint density at radius 1 is 1.07 bits per heavy atom. The summed E-state index contributed by atoms with van der Waals surface area (Å²) < 4.78 is 23.5. The minimum Gasteiger partial charge on any atom is -0.508 e. The lowest BCUT2D eigenvalue weighted by Crippen LogP contribution is -2.22. The summed E-state index contributed by atoms with van der Waals surface area (Å²) in [6, 6.07) is 14.4. The van der Waals surface area contributed by atoms with E-state index in [1.165, 1.54) is 24.3 Å². The molecule has 0 aromatic heterocycles. The zero-order chi connectivity index (χ0) is 19.6. The lowest BCUT2D eigenvalue weighted by molar-refractivity contribution is -0.138. The summed E-state index contributed by atoms with van der Waals surface area (Å²) in [4.78, 5) is 16.9. The van der Waals surface area contributed by atoms with Gasteiger partial charge in [0.25, 0.3) is 0 Å². The smallest absolute Gasteiger partial charge is 0.343 e. The normalized spacial score (nSPS) is 12.3. The molecule has 0 amide bonds. The molecule has 0 unspecified atom stereocenters. The van der Waals surface area contributed by atoms with E-state index in [0.717, 1.165) is 0 Å². The molecule has 1 N–H and O–H groups in total. The third-order valence-electron chi connectivity index (χ3n) is 3.56. The van der Waals surface area contributed by atoms with E-state index in [9.17, 15) is 14.3 Å². The first-order chi connectivity index (χ1) is 13.1. The van der Waals surface area contributed by atoms with Crippen molar-refractivity contribution >= 4 is 11.7 Å². The Morgan fingerprint density at radius 2 is 1.74 bits per heavy atom. The topological polar surface area (TPSA) is 68.1 Å². The molecule has 2 rings (SSSR count). The van der Waals surface area contributed by atoms with Gasteiger partial charge in [0.15, 0.2) is 0 Å². The fraction of sp³-hybridized carbons (Fsp3) is 0.238. The number of benzene rings is 2. The first kappa shape index (κ1) is 20.2. The number of halogens is 1. The minimum atomic E-state index is -0.686. The van der Waals surface area contributed by atoms with Crippen LogP contribution in [0, 0.1) is 5.82 Å². The third kappa shape index (κ3) is 5.67. The van der Waals surface area contributed by atoms with Crippen LogP contribution >= 0.6 is 0 Å². The van der Waals surface area contributed by atoms with Crippen LogP contribution in [0.15, 0.2) is 70.9 Å². The second kappa shape index (κ2) is 10.1. The predicted molar refractivity (Wildman–Crippen MR) is 102 cm³/mol. The largest absolute Gasteiger partial charge is 0.508 e. The predicted octanol–water partition coefficient (Wildman–Crippen LogP) is 4.09. The molecule has 0 aliphatic carbocycles. The van der Waals surface area contributed by atoms with Gasteiger partial charge in [0.1, 0.15) is 29.5 Å².